The Kier molecular flexibility index (Phi) is 14.8. The summed E-state index contributed by atoms with van der Waals surface area (Å²) in [6.07, 6.45) is 2.79. The molecule has 5 heterocycles. The number of ketones is 2. The lowest BCUT2D eigenvalue weighted by Gasteiger charge is -2.47. The Labute approximate surface area is 349 Å². The molecule has 15 heteroatoms. The standard InChI is InChI=1S/C44H67N5O10/c1-13-34-44(9)38(49(42(54)59-44)19-15-14-18-48-23-32(46-24-48)31-17-16-26(3)45-22-31)28(5)35(50)25(2)21-43(8,55-12)39(29(6)36(51)30(7)40(53)57-34)58-41-37(52)33(47(10)11)20-27(4)56-41/h16-17,22-25,27-30,33-34,37-39,41,52H,13-15,18-21H2,1-12H3/t25-,27-,28+,29+,30-,33+,34-,37-,38-,39-,41+,43+,44-/m1/s1. The largest absolute Gasteiger partial charge is 0.458 e. The van der Waals surface area contributed by atoms with Gasteiger partial charge in [0.15, 0.2) is 17.7 Å². The van der Waals surface area contributed by atoms with Gasteiger partial charge in [-0.3, -0.25) is 19.4 Å². The molecule has 0 bridgehead atoms. The van der Waals surface area contributed by atoms with Crippen molar-refractivity contribution in [3.63, 3.8) is 0 Å². The molecule has 15 nitrogen and oxygen atoms in total. The van der Waals surface area contributed by atoms with Crippen LogP contribution in [0.5, 0.6) is 0 Å². The second-order valence-electron chi connectivity index (χ2n) is 17.8. The van der Waals surface area contributed by atoms with E-state index in [1.165, 1.54) is 14.0 Å². The van der Waals surface area contributed by atoms with Crippen molar-refractivity contribution < 1.29 is 48.0 Å². The van der Waals surface area contributed by atoms with Crippen LogP contribution in [0, 0.1) is 30.6 Å². The molecule has 1 amide bonds. The summed E-state index contributed by atoms with van der Waals surface area (Å²) in [7, 11) is 5.24. The molecular weight excluding hydrogens is 759 g/mol. The van der Waals surface area contributed by atoms with Crippen LogP contribution in [0.2, 0.25) is 0 Å². The molecule has 3 fully saturated rings. The molecule has 5 rings (SSSR count). The van der Waals surface area contributed by atoms with Crippen molar-refractivity contribution in [2.75, 3.05) is 27.7 Å². The van der Waals surface area contributed by atoms with Crippen molar-refractivity contribution in [3.8, 4) is 11.3 Å². The molecular formula is C44H67N5O10. The molecule has 1 N–H and O–H groups in total. The lowest BCUT2D eigenvalue weighted by atomic mass is 9.73. The van der Waals surface area contributed by atoms with E-state index in [4.69, 9.17) is 23.7 Å². The first-order valence-electron chi connectivity index (χ1n) is 21.2. The monoisotopic (exact) mass is 825 g/mol. The third-order valence-electron chi connectivity index (χ3n) is 13.1. The van der Waals surface area contributed by atoms with Crippen LogP contribution in [0.3, 0.4) is 0 Å². The third-order valence-corrected chi connectivity index (χ3v) is 13.1. The highest BCUT2D eigenvalue weighted by atomic mass is 16.7. The maximum Gasteiger partial charge on any atom is 0.410 e. The molecule has 0 spiro atoms. The fourth-order valence-corrected chi connectivity index (χ4v) is 9.54. The zero-order valence-corrected chi connectivity index (χ0v) is 37.0. The second kappa shape index (κ2) is 18.9. The molecule has 3 aliphatic rings. The molecule has 0 aromatic carbocycles. The van der Waals surface area contributed by atoms with E-state index in [0.29, 0.717) is 32.4 Å². The van der Waals surface area contributed by atoms with Crippen LogP contribution in [0.25, 0.3) is 11.3 Å². The number of cyclic esters (lactones) is 1. The number of aliphatic hydroxyl groups is 1. The lowest BCUT2D eigenvalue weighted by Crippen LogP contribution is -2.60. The fourth-order valence-electron chi connectivity index (χ4n) is 9.54. The van der Waals surface area contributed by atoms with Crippen molar-refractivity contribution in [3.05, 3.63) is 36.5 Å². The van der Waals surface area contributed by atoms with Gasteiger partial charge >= 0.3 is 12.1 Å². The van der Waals surface area contributed by atoms with Crippen LogP contribution < -0.4 is 0 Å². The number of carbonyl (C=O) groups is 4. The number of unbranched alkanes of at least 4 members (excludes halogenated alkanes) is 1. The number of imidazole rings is 1. The highest BCUT2D eigenvalue weighted by molar-refractivity contribution is 6.00. The molecule has 3 saturated heterocycles. The van der Waals surface area contributed by atoms with E-state index in [1.807, 2.05) is 69.6 Å². The van der Waals surface area contributed by atoms with Gasteiger partial charge in [-0.15, -0.1) is 0 Å². The number of Topliss-reactive ketones (excluding diaryl/α,β-unsaturated/α-hetero) is 2. The minimum Gasteiger partial charge on any atom is -0.458 e. The first-order valence-corrected chi connectivity index (χ1v) is 21.2. The van der Waals surface area contributed by atoms with Gasteiger partial charge < -0.3 is 43.2 Å². The van der Waals surface area contributed by atoms with Gasteiger partial charge in [0.05, 0.1) is 35.9 Å². The smallest absolute Gasteiger partial charge is 0.410 e. The zero-order chi connectivity index (χ0) is 43.6. The molecule has 0 radical (unpaired) electrons. The summed E-state index contributed by atoms with van der Waals surface area (Å²) in [5.41, 5.74) is -0.00101. The number of hydrogen-bond acceptors (Lipinski definition) is 13. The van der Waals surface area contributed by atoms with E-state index in [0.717, 1.165) is 17.0 Å². The Hall–Kier alpha value is -3.76. The molecule has 2 aromatic rings. The number of esters is 1. The zero-order valence-electron chi connectivity index (χ0n) is 37.0. The summed E-state index contributed by atoms with van der Waals surface area (Å²) in [5.74, 6) is -4.95. The quantitative estimate of drug-likeness (QED) is 0.177. The van der Waals surface area contributed by atoms with Crippen LogP contribution in [0.4, 0.5) is 4.79 Å². The number of rotatable bonds is 11. The summed E-state index contributed by atoms with van der Waals surface area (Å²) in [6, 6.07) is 2.86. The van der Waals surface area contributed by atoms with Gasteiger partial charge in [0.2, 0.25) is 0 Å². The molecule has 0 saturated carbocycles. The molecule has 59 heavy (non-hydrogen) atoms. The molecule has 3 aliphatic heterocycles. The van der Waals surface area contributed by atoms with Crippen LogP contribution >= 0.6 is 0 Å². The number of nitrogens with zero attached hydrogens (tertiary/aromatic N) is 5. The lowest BCUT2D eigenvalue weighted by molar-refractivity contribution is -0.295. The van der Waals surface area contributed by atoms with Gasteiger partial charge in [-0.25, -0.2) is 9.78 Å². The number of carbonyl (C=O) groups excluding carboxylic acids is 4. The summed E-state index contributed by atoms with van der Waals surface area (Å²) in [4.78, 5) is 69.3. The topological polar surface area (TPSA) is 172 Å². The number of likely N-dealkylation sites (N-methyl/N-ethyl adjacent to an activating group) is 1. The Bertz CT molecular complexity index is 1790. The highest BCUT2D eigenvalue weighted by Crippen LogP contribution is 2.43. The normalized spacial score (nSPS) is 36.3. The van der Waals surface area contributed by atoms with Gasteiger partial charge in [0, 0.05) is 67.6 Å². The van der Waals surface area contributed by atoms with Crippen LogP contribution in [0.15, 0.2) is 30.9 Å². The minimum atomic E-state index is -1.40. The van der Waals surface area contributed by atoms with Crippen molar-refractivity contribution in [2.45, 2.75) is 155 Å². The van der Waals surface area contributed by atoms with Crippen LogP contribution in [-0.2, 0) is 44.6 Å². The van der Waals surface area contributed by atoms with Crippen LogP contribution in [0.1, 0.15) is 93.2 Å². The Morgan fingerprint density at radius 3 is 2.31 bits per heavy atom. The number of aliphatic hydroxyl groups excluding tert-OH is 1. The first-order chi connectivity index (χ1) is 27.8. The van der Waals surface area contributed by atoms with Crippen molar-refractivity contribution >= 4 is 23.6 Å². The number of aryl methyl sites for hydroxylation is 2. The SMILES string of the molecule is CC[C@H]1OC(=O)[C@H](C)C(=O)[C@H](C)[C@@H](O[C@@H]2O[C@H](C)C[C@H](N(C)C)[C@H]2O)[C@@](C)(OC)C[C@@H](C)C(=O)[C@H](C)[C@H]2N(CCCCn3cnc(-c4ccc(C)nc4)c3)C(=O)O[C@]12C. The maximum atomic E-state index is 14.7. The van der Waals surface area contributed by atoms with Gasteiger partial charge in [0.25, 0.3) is 0 Å². The summed E-state index contributed by atoms with van der Waals surface area (Å²) in [5, 5.41) is 11.4. The van der Waals surface area contributed by atoms with E-state index >= 15 is 0 Å². The molecule has 328 valence electrons. The maximum absolute atomic E-state index is 14.7. The van der Waals surface area contributed by atoms with Crippen LogP contribution in [-0.4, -0.2) is 135 Å². The number of hydrogen-bond donors (Lipinski definition) is 1. The third kappa shape index (κ3) is 9.75. The Morgan fingerprint density at radius 2 is 1.68 bits per heavy atom. The fraction of sp³-hybridized carbons (Fsp3) is 0.727. The van der Waals surface area contributed by atoms with Crippen molar-refractivity contribution in [2.24, 2.45) is 23.7 Å². The van der Waals surface area contributed by atoms with E-state index < -0.39 is 83.4 Å². The number of fused-ring (bicyclic) bond motifs is 1. The predicted molar refractivity (Wildman–Crippen MR) is 219 cm³/mol. The van der Waals surface area contributed by atoms with Crippen molar-refractivity contribution in [1.29, 1.82) is 0 Å². The number of methoxy groups -OCH3 is 1. The van der Waals surface area contributed by atoms with Gasteiger partial charge in [-0.05, 0) is 93.0 Å². The predicted octanol–water partition coefficient (Wildman–Crippen LogP) is 5.24. The molecule has 0 aliphatic carbocycles. The van der Waals surface area contributed by atoms with E-state index in [1.54, 1.807) is 45.1 Å². The Morgan fingerprint density at radius 1 is 0.983 bits per heavy atom. The van der Waals surface area contributed by atoms with Crippen molar-refractivity contribution in [1.82, 2.24) is 24.3 Å². The Balaban J connectivity index is 1.43. The number of pyridine rings is 1. The van der Waals surface area contributed by atoms with Gasteiger partial charge in [0.1, 0.15) is 23.9 Å². The van der Waals surface area contributed by atoms with E-state index in [2.05, 4.69) is 9.97 Å². The number of amides is 1. The van der Waals surface area contributed by atoms with Gasteiger partial charge in [-0.2, -0.15) is 0 Å². The summed E-state index contributed by atoms with van der Waals surface area (Å²) < 4.78 is 33.2. The average Bonchev–Trinajstić information content (AvgIpc) is 3.77. The highest BCUT2D eigenvalue weighted by Gasteiger charge is 2.60. The number of aromatic nitrogens is 3. The molecule has 0 unspecified atom stereocenters. The summed E-state index contributed by atoms with van der Waals surface area (Å²) >= 11 is 0. The summed E-state index contributed by atoms with van der Waals surface area (Å²) in [6.45, 7) is 16.9. The van der Waals surface area contributed by atoms with Gasteiger partial charge in [-0.1, -0.05) is 27.7 Å². The van der Waals surface area contributed by atoms with E-state index in [-0.39, 0.29) is 30.8 Å². The average molecular weight is 826 g/mol. The minimum absolute atomic E-state index is 0.129. The second-order valence-corrected chi connectivity index (χ2v) is 17.8. The van der Waals surface area contributed by atoms with E-state index in [9.17, 15) is 24.3 Å². The first kappa shape index (κ1) is 46.3. The molecule has 2 aromatic heterocycles. The molecule has 13 atom stereocenters. The number of ether oxygens (including phenoxy) is 5.